The van der Waals surface area contributed by atoms with Gasteiger partial charge in [0.05, 0.1) is 9.85 Å². The average Bonchev–Trinajstić information content (AvgIpc) is 2.50. The first-order valence-corrected chi connectivity index (χ1v) is 5.88. The van der Waals surface area contributed by atoms with Gasteiger partial charge < -0.3 is 0 Å². The van der Waals surface area contributed by atoms with E-state index in [0.29, 0.717) is 18.8 Å². The Labute approximate surface area is 102 Å². The van der Waals surface area contributed by atoms with Gasteiger partial charge in [0.25, 0.3) is 0 Å². The van der Waals surface area contributed by atoms with E-state index in [1.165, 1.54) is 0 Å². The fraction of sp³-hybridized carbons (Fsp3) is 0.400. The van der Waals surface area contributed by atoms with E-state index < -0.39 is 0 Å². The van der Waals surface area contributed by atoms with Crippen LogP contribution in [0.2, 0.25) is 0 Å². The molecule has 1 saturated heterocycles. The molecule has 1 unspecified atom stereocenters. The second-order valence-corrected chi connectivity index (χ2v) is 4.98. The minimum absolute atomic E-state index is 0.0359. The number of hydrogen-bond acceptors (Lipinski definition) is 2. The molecule has 1 aliphatic rings. The number of hydrogen-bond donors (Lipinski definition) is 0. The maximum absolute atomic E-state index is 11.6. The first kappa shape index (κ1) is 10.9. The van der Waals surface area contributed by atoms with Crippen LogP contribution in [-0.2, 0) is 4.79 Å². The lowest BCUT2D eigenvalue weighted by molar-refractivity contribution is -0.117. The van der Waals surface area contributed by atoms with Gasteiger partial charge in [0, 0.05) is 19.2 Å². The van der Waals surface area contributed by atoms with E-state index in [1.807, 2.05) is 13.0 Å². The molecule has 1 atom stereocenters. The van der Waals surface area contributed by atoms with Crippen molar-refractivity contribution in [2.24, 2.45) is 0 Å². The van der Waals surface area contributed by atoms with Gasteiger partial charge in [-0.2, -0.15) is 0 Å². The predicted octanol–water partition coefficient (Wildman–Crippen LogP) is 2.50. The molecule has 1 fully saturated rings. The van der Waals surface area contributed by atoms with Gasteiger partial charge >= 0.3 is 0 Å². The number of halogens is 2. The molecule has 1 aromatic rings. The summed E-state index contributed by atoms with van der Waals surface area (Å²) in [5.74, 6) is 0.706. The van der Waals surface area contributed by atoms with Crippen LogP contribution in [0.15, 0.2) is 16.7 Å². The SMILES string of the molecule is Cc1ccnc(N2CC(Cl)CC2=O)c1Br. The maximum atomic E-state index is 11.6. The van der Waals surface area contributed by atoms with Gasteiger partial charge in [-0.1, -0.05) is 0 Å². The first-order chi connectivity index (χ1) is 7.09. The van der Waals surface area contributed by atoms with Crippen LogP contribution in [0.4, 0.5) is 5.82 Å². The van der Waals surface area contributed by atoms with Crippen molar-refractivity contribution in [3.8, 4) is 0 Å². The number of alkyl halides is 1. The van der Waals surface area contributed by atoms with Crippen LogP contribution in [0.1, 0.15) is 12.0 Å². The number of anilines is 1. The summed E-state index contributed by atoms with van der Waals surface area (Å²) >= 11 is 9.38. The van der Waals surface area contributed by atoms with E-state index in [-0.39, 0.29) is 11.3 Å². The Morgan fingerprint density at radius 3 is 3.00 bits per heavy atom. The summed E-state index contributed by atoms with van der Waals surface area (Å²) in [6, 6.07) is 1.90. The van der Waals surface area contributed by atoms with Gasteiger partial charge in [-0.25, -0.2) is 4.98 Å². The van der Waals surface area contributed by atoms with Crippen LogP contribution in [0, 0.1) is 6.92 Å². The highest BCUT2D eigenvalue weighted by atomic mass is 79.9. The smallest absolute Gasteiger partial charge is 0.229 e. The summed E-state index contributed by atoms with van der Waals surface area (Å²) < 4.78 is 0.865. The number of nitrogens with zero attached hydrogens (tertiary/aromatic N) is 2. The summed E-state index contributed by atoms with van der Waals surface area (Å²) in [5.41, 5.74) is 1.06. The van der Waals surface area contributed by atoms with E-state index in [2.05, 4.69) is 20.9 Å². The standard InChI is InChI=1S/C10H10BrClN2O/c1-6-2-3-13-10(9(6)11)14-5-7(12)4-8(14)15/h2-3,7H,4-5H2,1H3. The van der Waals surface area contributed by atoms with E-state index in [9.17, 15) is 4.79 Å². The highest BCUT2D eigenvalue weighted by molar-refractivity contribution is 9.10. The molecule has 0 radical (unpaired) electrons. The fourth-order valence-electron chi connectivity index (χ4n) is 1.58. The van der Waals surface area contributed by atoms with Crippen molar-refractivity contribution in [2.75, 3.05) is 11.4 Å². The van der Waals surface area contributed by atoms with E-state index in [1.54, 1.807) is 11.1 Å². The molecule has 0 aromatic carbocycles. The third-order valence-electron chi connectivity index (χ3n) is 2.40. The molecule has 15 heavy (non-hydrogen) atoms. The number of amides is 1. The zero-order valence-corrected chi connectivity index (χ0v) is 10.5. The molecular formula is C10H10BrClN2O. The Hall–Kier alpha value is -0.610. The number of pyridine rings is 1. The third kappa shape index (κ3) is 2.01. The monoisotopic (exact) mass is 288 g/mol. The number of aryl methyl sites for hydroxylation is 1. The van der Waals surface area contributed by atoms with Gasteiger partial charge in [-0.05, 0) is 34.5 Å². The Morgan fingerprint density at radius 1 is 1.67 bits per heavy atom. The van der Waals surface area contributed by atoms with E-state index in [4.69, 9.17) is 11.6 Å². The molecule has 1 amide bonds. The lowest BCUT2D eigenvalue weighted by Crippen LogP contribution is -2.26. The van der Waals surface area contributed by atoms with Gasteiger partial charge in [0.1, 0.15) is 5.82 Å². The Kier molecular flexibility index (Phi) is 2.98. The first-order valence-electron chi connectivity index (χ1n) is 4.65. The van der Waals surface area contributed by atoms with E-state index in [0.717, 1.165) is 10.0 Å². The van der Waals surface area contributed by atoms with Gasteiger partial charge in [0.2, 0.25) is 5.91 Å². The number of carbonyl (C=O) groups excluding carboxylic acids is 1. The normalized spacial score (nSPS) is 21.1. The Bertz CT molecular complexity index is 410. The number of carbonyl (C=O) groups is 1. The summed E-state index contributed by atoms with van der Waals surface area (Å²) in [4.78, 5) is 17.5. The Morgan fingerprint density at radius 2 is 2.40 bits per heavy atom. The molecule has 1 aliphatic heterocycles. The summed E-state index contributed by atoms with van der Waals surface area (Å²) in [6.45, 7) is 2.50. The van der Waals surface area contributed by atoms with E-state index >= 15 is 0 Å². The molecule has 1 aromatic heterocycles. The largest absolute Gasteiger partial charge is 0.294 e. The molecule has 0 spiro atoms. The van der Waals surface area contributed by atoms with Crippen LogP contribution < -0.4 is 4.90 Å². The van der Waals surface area contributed by atoms with Crippen LogP contribution in [0.5, 0.6) is 0 Å². The molecule has 2 rings (SSSR count). The molecule has 2 heterocycles. The highest BCUT2D eigenvalue weighted by Gasteiger charge is 2.31. The van der Waals surface area contributed by atoms with Crippen LogP contribution in [-0.4, -0.2) is 22.8 Å². The minimum atomic E-state index is -0.105. The van der Waals surface area contributed by atoms with Gasteiger partial charge in [-0.3, -0.25) is 9.69 Å². The average molecular weight is 290 g/mol. The molecular weight excluding hydrogens is 279 g/mol. The minimum Gasteiger partial charge on any atom is -0.294 e. The van der Waals surface area contributed by atoms with Crippen molar-refractivity contribution in [2.45, 2.75) is 18.7 Å². The van der Waals surface area contributed by atoms with Crippen molar-refractivity contribution >= 4 is 39.3 Å². The topological polar surface area (TPSA) is 33.2 Å². The highest BCUT2D eigenvalue weighted by Crippen LogP contribution is 2.30. The van der Waals surface area contributed by atoms with Gasteiger partial charge in [0.15, 0.2) is 0 Å². The van der Waals surface area contributed by atoms with Crippen LogP contribution >= 0.6 is 27.5 Å². The van der Waals surface area contributed by atoms with Crippen molar-refractivity contribution < 1.29 is 4.79 Å². The fourth-order valence-corrected chi connectivity index (χ4v) is 2.30. The molecule has 0 aliphatic carbocycles. The second kappa shape index (κ2) is 4.10. The number of aromatic nitrogens is 1. The molecule has 80 valence electrons. The summed E-state index contributed by atoms with van der Waals surface area (Å²) in [7, 11) is 0. The zero-order valence-electron chi connectivity index (χ0n) is 8.20. The molecule has 5 heteroatoms. The van der Waals surface area contributed by atoms with Crippen molar-refractivity contribution in [3.63, 3.8) is 0 Å². The number of rotatable bonds is 1. The quantitative estimate of drug-likeness (QED) is 0.744. The zero-order chi connectivity index (χ0) is 11.0. The second-order valence-electron chi connectivity index (χ2n) is 3.57. The van der Waals surface area contributed by atoms with Crippen molar-refractivity contribution in [1.82, 2.24) is 4.98 Å². The third-order valence-corrected chi connectivity index (χ3v) is 3.67. The van der Waals surface area contributed by atoms with Crippen LogP contribution in [0.3, 0.4) is 0 Å². The lowest BCUT2D eigenvalue weighted by Gasteiger charge is -2.16. The lowest BCUT2D eigenvalue weighted by atomic mass is 10.3. The molecule has 0 N–H and O–H groups in total. The summed E-state index contributed by atoms with van der Waals surface area (Å²) in [6.07, 6.45) is 2.09. The van der Waals surface area contributed by atoms with Gasteiger partial charge in [-0.15, -0.1) is 11.6 Å². The Balaban J connectivity index is 2.38. The summed E-state index contributed by atoms with van der Waals surface area (Å²) in [5, 5.41) is -0.105. The van der Waals surface area contributed by atoms with Crippen molar-refractivity contribution in [3.05, 3.63) is 22.3 Å². The molecule has 0 bridgehead atoms. The maximum Gasteiger partial charge on any atom is 0.229 e. The molecule has 3 nitrogen and oxygen atoms in total. The van der Waals surface area contributed by atoms with Crippen molar-refractivity contribution in [1.29, 1.82) is 0 Å². The molecule has 0 saturated carbocycles. The van der Waals surface area contributed by atoms with Crippen LogP contribution in [0.25, 0.3) is 0 Å². The predicted molar refractivity (Wildman–Crippen MR) is 63.3 cm³/mol.